The first kappa shape index (κ1) is 19.6. The fraction of sp³-hybridized carbons (Fsp3) is 0.455. The number of hydrogen-bond donors (Lipinski definition) is 0. The Morgan fingerprint density at radius 1 is 1.23 bits per heavy atom. The van der Waals surface area contributed by atoms with Crippen LogP contribution in [0.4, 0.5) is 13.2 Å². The fourth-order valence-electron chi connectivity index (χ4n) is 4.49. The molecule has 4 heterocycles. The van der Waals surface area contributed by atoms with E-state index >= 15 is 0 Å². The Labute approximate surface area is 176 Å². The monoisotopic (exact) mass is 433 g/mol. The average Bonchev–Trinajstić information content (AvgIpc) is 3.28. The third-order valence-electron chi connectivity index (χ3n) is 6.31. The van der Waals surface area contributed by atoms with Gasteiger partial charge in [-0.25, -0.2) is 4.98 Å². The largest absolute Gasteiger partial charge is 0.425 e. The third kappa shape index (κ3) is 3.51. The van der Waals surface area contributed by atoms with Gasteiger partial charge in [-0.1, -0.05) is 6.42 Å². The number of carbonyl (C=O) groups is 1. The van der Waals surface area contributed by atoms with Crippen molar-refractivity contribution in [2.75, 3.05) is 6.54 Å². The summed E-state index contributed by atoms with van der Waals surface area (Å²) in [5.74, 6) is 0.698. The molecule has 4 nitrogen and oxygen atoms in total. The number of hydrogen-bond acceptors (Lipinski definition) is 3. The maximum atomic E-state index is 13.0. The molecule has 0 unspecified atom stereocenters. The smallest absolute Gasteiger partial charge is 0.337 e. The number of halogens is 3. The molecule has 0 bridgehead atoms. The second kappa shape index (κ2) is 7.41. The number of rotatable bonds is 4. The van der Waals surface area contributed by atoms with E-state index in [9.17, 15) is 18.0 Å². The van der Waals surface area contributed by atoms with Crippen molar-refractivity contribution in [3.05, 3.63) is 51.5 Å². The molecule has 0 radical (unpaired) electrons. The summed E-state index contributed by atoms with van der Waals surface area (Å²) in [6, 6.07) is 6.57. The predicted molar refractivity (Wildman–Crippen MR) is 109 cm³/mol. The number of alkyl halides is 3. The lowest BCUT2D eigenvalue weighted by atomic mass is 9.82. The maximum absolute atomic E-state index is 13.0. The fourth-order valence-corrected chi connectivity index (χ4v) is 5.35. The van der Waals surface area contributed by atoms with E-state index in [1.54, 1.807) is 6.20 Å². The zero-order valence-corrected chi connectivity index (χ0v) is 17.2. The van der Waals surface area contributed by atoms with Crippen LogP contribution in [0.2, 0.25) is 0 Å². The first-order valence-electron chi connectivity index (χ1n) is 10.3. The molecule has 1 saturated carbocycles. The van der Waals surface area contributed by atoms with Crippen molar-refractivity contribution in [2.45, 2.75) is 51.4 Å². The molecule has 0 saturated heterocycles. The summed E-state index contributed by atoms with van der Waals surface area (Å²) in [5.41, 5.74) is 2.94. The summed E-state index contributed by atoms with van der Waals surface area (Å²) < 4.78 is 41.1. The zero-order valence-electron chi connectivity index (χ0n) is 16.4. The molecule has 0 spiro atoms. The highest BCUT2D eigenvalue weighted by Gasteiger charge is 2.33. The van der Waals surface area contributed by atoms with Crippen LogP contribution >= 0.6 is 11.3 Å². The minimum atomic E-state index is -4.33. The molecule has 3 aromatic heterocycles. The Morgan fingerprint density at radius 2 is 2.07 bits per heavy atom. The number of nitrogens with zero attached hydrogens (tertiary/aromatic N) is 3. The van der Waals surface area contributed by atoms with E-state index in [2.05, 4.69) is 4.98 Å². The van der Waals surface area contributed by atoms with E-state index in [-0.39, 0.29) is 5.91 Å². The molecule has 1 aliphatic carbocycles. The van der Waals surface area contributed by atoms with E-state index in [0.717, 1.165) is 53.4 Å². The van der Waals surface area contributed by atoms with Gasteiger partial charge in [0.1, 0.15) is 10.5 Å². The van der Waals surface area contributed by atoms with Gasteiger partial charge in [-0.05, 0) is 55.0 Å². The predicted octanol–water partition coefficient (Wildman–Crippen LogP) is 5.24. The lowest BCUT2D eigenvalue weighted by Crippen LogP contribution is -2.38. The molecule has 30 heavy (non-hydrogen) atoms. The van der Waals surface area contributed by atoms with E-state index in [4.69, 9.17) is 0 Å². The second-order valence-corrected chi connectivity index (χ2v) is 9.38. The van der Waals surface area contributed by atoms with Crippen LogP contribution in [0.15, 0.2) is 30.5 Å². The lowest BCUT2D eigenvalue weighted by Gasteiger charge is -2.32. The molecule has 3 aromatic rings. The quantitative estimate of drug-likeness (QED) is 0.564. The zero-order chi connectivity index (χ0) is 20.9. The van der Waals surface area contributed by atoms with Crippen molar-refractivity contribution in [2.24, 2.45) is 5.92 Å². The molecule has 8 heteroatoms. The lowest BCUT2D eigenvalue weighted by molar-refractivity contribution is -0.135. The molecule has 0 atom stereocenters. The van der Waals surface area contributed by atoms with Gasteiger partial charge < -0.3 is 9.47 Å². The average molecular weight is 433 g/mol. The Hall–Kier alpha value is -2.35. The number of pyridine rings is 1. The van der Waals surface area contributed by atoms with Crippen molar-refractivity contribution in [3.8, 4) is 0 Å². The molecule has 1 amide bonds. The van der Waals surface area contributed by atoms with Crippen LogP contribution in [0, 0.1) is 5.92 Å². The first-order chi connectivity index (χ1) is 14.4. The van der Waals surface area contributed by atoms with Gasteiger partial charge in [-0.3, -0.25) is 4.79 Å². The Balaban J connectivity index is 1.47. The summed E-state index contributed by atoms with van der Waals surface area (Å²) in [5, 5.41) is 1.03. The molecule has 5 rings (SSSR count). The topological polar surface area (TPSA) is 38.1 Å². The van der Waals surface area contributed by atoms with Crippen LogP contribution in [0.1, 0.15) is 46.7 Å². The van der Waals surface area contributed by atoms with Gasteiger partial charge in [0, 0.05) is 35.1 Å². The SMILES string of the molecule is O=C(CC1CCC1)N1CCc2c(n(Cc3ccc(C(F)(F)F)s3)c3ncccc23)C1. The molecule has 158 valence electrons. The Kier molecular flexibility index (Phi) is 4.84. The van der Waals surface area contributed by atoms with Crippen molar-refractivity contribution in [1.29, 1.82) is 0 Å². The number of amides is 1. The summed E-state index contributed by atoms with van der Waals surface area (Å²) >= 11 is 0.769. The van der Waals surface area contributed by atoms with Crippen LogP contribution < -0.4 is 0 Å². The van der Waals surface area contributed by atoms with Crippen LogP contribution in [-0.2, 0) is 30.5 Å². The Morgan fingerprint density at radius 3 is 2.77 bits per heavy atom. The molecular weight excluding hydrogens is 411 g/mol. The van der Waals surface area contributed by atoms with Gasteiger partial charge in [0.25, 0.3) is 0 Å². The van der Waals surface area contributed by atoms with Crippen LogP contribution in [0.3, 0.4) is 0 Å². The molecule has 2 aliphatic rings. The molecule has 1 fully saturated rings. The van der Waals surface area contributed by atoms with Gasteiger partial charge in [0.05, 0.1) is 13.1 Å². The van der Waals surface area contributed by atoms with Gasteiger partial charge >= 0.3 is 6.18 Å². The number of carbonyl (C=O) groups excluding carboxylic acids is 1. The van der Waals surface area contributed by atoms with E-state index in [1.807, 2.05) is 21.6 Å². The van der Waals surface area contributed by atoms with Crippen LogP contribution in [0.5, 0.6) is 0 Å². The molecule has 0 N–H and O–H groups in total. The van der Waals surface area contributed by atoms with Gasteiger partial charge in [-0.2, -0.15) is 13.2 Å². The second-order valence-electron chi connectivity index (χ2n) is 8.22. The van der Waals surface area contributed by atoms with Crippen molar-refractivity contribution in [3.63, 3.8) is 0 Å². The summed E-state index contributed by atoms with van der Waals surface area (Å²) in [6.45, 7) is 1.51. The molecule has 0 aromatic carbocycles. The number of aromatic nitrogens is 2. The Bertz CT molecular complexity index is 1100. The number of thiophene rings is 1. The molecular formula is C22H22F3N3OS. The van der Waals surface area contributed by atoms with Gasteiger partial charge in [0.15, 0.2) is 0 Å². The van der Waals surface area contributed by atoms with E-state index in [0.29, 0.717) is 36.9 Å². The summed E-state index contributed by atoms with van der Waals surface area (Å²) in [6.07, 6.45) is 2.21. The summed E-state index contributed by atoms with van der Waals surface area (Å²) in [4.78, 5) is 19.3. The minimum absolute atomic E-state index is 0.186. The minimum Gasteiger partial charge on any atom is -0.337 e. The van der Waals surface area contributed by atoms with Gasteiger partial charge in [0.2, 0.25) is 5.91 Å². The standard InChI is InChI=1S/C22H22F3N3OS/c23-22(24,25)19-7-6-15(30-19)12-28-18-13-27(20(29)11-14-3-1-4-14)10-8-16(18)17-5-2-9-26-21(17)28/h2,5-7,9,14H,1,3-4,8,10-13H2. The van der Waals surface area contributed by atoms with Crippen molar-refractivity contribution >= 4 is 28.3 Å². The van der Waals surface area contributed by atoms with E-state index < -0.39 is 11.1 Å². The maximum Gasteiger partial charge on any atom is 0.425 e. The van der Waals surface area contributed by atoms with Crippen LogP contribution in [-0.4, -0.2) is 26.9 Å². The third-order valence-corrected chi connectivity index (χ3v) is 7.42. The normalized spacial score (nSPS) is 17.2. The highest BCUT2D eigenvalue weighted by atomic mass is 32.1. The van der Waals surface area contributed by atoms with Crippen molar-refractivity contribution in [1.82, 2.24) is 14.5 Å². The highest BCUT2D eigenvalue weighted by molar-refractivity contribution is 7.12. The van der Waals surface area contributed by atoms with Gasteiger partial charge in [-0.15, -0.1) is 11.3 Å². The first-order valence-corrected chi connectivity index (χ1v) is 11.1. The summed E-state index contributed by atoms with van der Waals surface area (Å²) in [7, 11) is 0. The highest BCUT2D eigenvalue weighted by Crippen LogP contribution is 2.37. The number of fused-ring (bicyclic) bond motifs is 3. The van der Waals surface area contributed by atoms with Crippen LogP contribution in [0.25, 0.3) is 11.0 Å². The molecule has 1 aliphatic heterocycles. The van der Waals surface area contributed by atoms with E-state index in [1.165, 1.54) is 18.1 Å². The van der Waals surface area contributed by atoms with Crippen molar-refractivity contribution < 1.29 is 18.0 Å².